The SMILES string of the molecule is CCc1ccccc1N1C(=O)C(=Cc2ccc(-c3ccc(Br)cc3)o2)SC1=S. The molecule has 3 aromatic rings. The first kappa shape index (κ1) is 19.2. The molecule has 0 aliphatic carbocycles. The summed E-state index contributed by atoms with van der Waals surface area (Å²) in [5.41, 5.74) is 2.92. The summed E-state index contributed by atoms with van der Waals surface area (Å²) in [5.74, 6) is 1.27. The Hall–Kier alpha value is -2.15. The number of hydrogen-bond acceptors (Lipinski definition) is 4. The van der Waals surface area contributed by atoms with Gasteiger partial charge < -0.3 is 4.42 Å². The van der Waals surface area contributed by atoms with Crippen molar-refractivity contribution in [3.8, 4) is 11.3 Å². The molecule has 4 rings (SSSR count). The van der Waals surface area contributed by atoms with Crippen molar-refractivity contribution in [3.05, 3.63) is 81.4 Å². The molecule has 1 aromatic heterocycles. The highest BCUT2D eigenvalue weighted by molar-refractivity contribution is 9.10. The summed E-state index contributed by atoms with van der Waals surface area (Å²) in [7, 11) is 0. The van der Waals surface area contributed by atoms with Gasteiger partial charge in [-0.05, 0) is 42.3 Å². The Morgan fingerprint density at radius 1 is 1.11 bits per heavy atom. The van der Waals surface area contributed by atoms with E-state index in [1.54, 1.807) is 11.0 Å². The van der Waals surface area contributed by atoms with Gasteiger partial charge in [0.25, 0.3) is 5.91 Å². The minimum absolute atomic E-state index is 0.113. The molecule has 28 heavy (non-hydrogen) atoms. The van der Waals surface area contributed by atoms with E-state index in [4.69, 9.17) is 16.6 Å². The Morgan fingerprint density at radius 2 is 1.86 bits per heavy atom. The van der Waals surface area contributed by atoms with E-state index in [0.717, 1.165) is 33.5 Å². The third kappa shape index (κ3) is 3.72. The monoisotopic (exact) mass is 469 g/mol. The van der Waals surface area contributed by atoms with E-state index < -0.39 is 0 Å². The molecule has 6 heteroatoms. The molecule has 0 atom stereocenters. The van der Waals surface area contributed by atoms with Gasteiger partial charge in [-0.15, -0.1) is 0 Å². The molecule has 1 fully saturated rings. The standard InChI is InChI=1S/C22H16BrNO2S2/c1-2-14-5-3-4-6-18(14)24-21(25)20(28-22(24)27)13-17-11-12-19(26-17)15-7-9-16(23)10-8-15/h3-13H,2H2,1H3. The smallest absolute Gasteiger partial charge is 0.270 e. The van der Waals surface area contributed by atoms with Gasteiger partial charge in [-0.2, -0.15) is 0 Å². The predicted molar refractivity (Wildman–Crippen MR) is 123 cm³/mol. The number of hydrogen-bond donors (Lipinski definition) is 0. The summed E-state index contributed by atoms with van der Waals surface area (Å²) in [6.45, 7) is 2.07. The minimum Gasteiger partial charge on any atom is -0.457 e. The van der Waals surface area contributed by atoms with Crippen molar-refractivity contribution in [3.63, 3.8) is 0 Å². The van der Waals surface area contributed by atoms with Crippen LogP contribution in [0.15, 0.2) is 74.5 Å². The van der Waals surface area contributed by atoms with Gasteiger partial charge in [-0.1, -0.05) is 77.2 Å². The average Bonchev–Trinajstić information content (AvgIpc) is 3.27. The van der Waals surface area contributed by atoms with Gasteiger partial charge in [0.2, 0.25) is 0 Å². The molecule has 0 N–H and O–H groups in total. The maximum Gasteiger partial charge on any atom is 0.270 e. The van der Waals surface area contributed by atoms with Gasteiger partial charge in [0.1, 0.15) is 11.5 Å². The Labute approximate surface area is 181 Å². The molecule has 2 heterocycles. The minimum atomic E-state index is -0.113. The van der Waals surface area contributed by atoms with Crippen LogP contribution >= 0.6 is 39.9 Å². The van der Waals surface area contributed by atoms with Crippen LogP contribution in [0.3, 0.4) is 0 Å². The molecular formula is C22H16BrNO2S2. The maximum atomic E-state index is 13.0. The van der Waals surface area contributed by atoms with Crippen LogP contribution in [0.5, 0.6) is 0 Å². The van der Waals surface area contributed by atoms with Crippen molar-refractivity contribution < 1.29 is 9.21 Å². The summed E-state index contributed by atoms with van der Waals surface area (Å²) in [5, 5.41) is 0. The van der Waals surface area contributed by atoms with Crippen molar-refractivity contribution in [2.24, 2.45) is 0 Å². The van der Waals surface area contributed by atoms with Crippen molar-refractivity contribution in [2.45, 2.75) is 13.3 Å². The Bertz CT molecular complexity index is 1090. The number of thioether (sulfide) groups is 1. The molecule has 0 saturated carbocycles. The van der Waals surface area contributed by atoms with E-state index >= 15 is 0 Å². The second-order valence-corrected chi connectivity index (χ2v) is 8.80. The van der Waals surface area contributed by atoms with Crippen LogP contribution in [0.4, 0.5) is 5.69 Å². The maximum absolute atomic E-state index is 13.0. The number of carbonyl (C=O) groups excluding carboxylic acids is 1. The zero-order valence-corrected chi connectivity index (χ0v) is 18.2. The van der Waals surface area contributed by atoms with Crippen molar-refractivity contribution in [1.29, 1.82) is 0 Å². The van der Waals surface area contributed by atoms with Crippen LogP contribution in [-0.2, 0) is 11.2 Å². The highest BCUT2D eigenvalue weighted by atomic mass is 79.9. The van der Waals surface area contributed by atoms with E-state index in [2.05, 4.69) is 22.9 Å². The first-order valence-electron chi connectivity index (χ1n) is 8.78. The average molecular weight is 470 g/mol. The van der Waals surface area contributed by atoms with Crippen LogP contribution in [0.1, 0.15) is 18.2 Å². The Kier molecular flexibility index (Phi) is 5.53. The van der Waals surface area contributed by atoms with E-state index in [0.29, 0.717) is 15.0 Å². The largest absolute Gasteiger partial charge is 0.457 e. The van der Waals surface area contributed by atoms with Crippen LogP contribution in [-0.4, -0.2) is 10.2 Å². The van der Waals surface area contributed by atoms with Gasteiger partial charge in [0.05, 0.1) is 10.6 Å². The number of nitrogens with zero attached hydrogens (tertiary/aromatic N) is 1. The number of amides is 1. The molecule has 0 radical (unpaired) electrons. The van der Waals surface area contributed by atoms with Crippen LogP contribution in [0, 0.1) is 0 Å². The van der Waals surface area contributed by atoms with Crippen LogP contribution in [0.2, 0.25) is 0 Å². The number of para-hydroxylation sites is 1. The molecule has 0 spiro atoms. The first-order valence-corrected chi connectivity index (χ1v) is 10.8. The molecule has 1 aliphatic heterocycles. The zero-order valence-electron chi connectivity index (χ0n) is 15.0. The molecule has 1 amide bonds. The third-order valence-electron chi connectivity index (χ3n) is 4.44. The quantitative estimate of drug-likeness (QED) is 0.315. The van der Waals surface area contributed by atoms with Crippen molar-refractivity contribution >= 4 is 61.9 Å². The fourth-order valence-electron chi connectivity index (χ4n) is 3.03. The van der Waals surface area contributed by atoms with Crippen LogP contribution in [0.25, 0.3) is 17.4 Å². The van der Waals surface area contributed by atoms with Gasteiger partial charge in [-0.25, -0.2) is 0 Å². The summed E-state index contributed by atoms with van der Waals surface area (Å²) < 4.78 is 7.47. The van der Waals surface area contributed by atoms with Gasteiger partial charge in [0.15, 0.2) is 4.32 Å². The lowest BCUT2D eigenvalue weighted by Gasteiger charge is -2.17. The number of carbonyl (C=O) groups is 1. The number of thiocarbonyl (C=S) groups is 1. The predicted octanol–water partition coefficient (Wildman–Crippen LogP) is 6.68. The van der Waals surface area contributed by atoms with E-state index in [-0.39, 0.29) is 5.91 Å². The topological polar surface area (TPSA) is 33.5 Å². The van der Waals surface area contributed by atoms with E-state index in [9.17, 15) is 4.79 Å². The molecule has 3 nitrogen and oxygen atoms in total. The van der Waals surface area contributed by atoms with Crippen LogP contribution < -0.4 is 4.90 Å². The highest BCUT2D eigenvalue weighted by Crippen LogP contribution is 2.38. The molecule has 0 unspecified atom stereocenters. The Morgan fingerprint density at radius 3 is 2.61 bits per heavy atom. The fourth-order valence-corrected chi connectivity index (χ4v) is 4.56. The normalized spacial score (nSPS) is 15.6. The van der Waals surface area contributed by atoms with Crippen molar-refractivity contribution in [2.75, 3.05) is 4.90 Å². The second kappa shape index (κ2) is 8.07. The Balaban J connectivity index is 1.62. The summed E-state index contributed by atoms with van der Waals surface area (Å²) in [4.78, 5) is 15.2. The number of aryl methyl sites for hydroxylation is 1. The highest BCUT2D eigenvalue weighted by Gasteiger charge is 2.34. The van der Waals surface area contributed by atoms with Gasteiger partial charge in [0, 0.05) is 16.1 Å². The lowest BCUT2D eigenvalue weighted by Crippen LogP contribution is -2.28. The van der Waals surface area contributed by atoms with E-state index in [1.807, 2.05) is 60.7 Å². The number of rotatable bonds is 4. The molecular weight excluding hydrogens is 454 g/mol. The first-order chi connectivity index (χ1) is 13.6. The fraction of sp³-hybridized carbons (Fsp3) is 0.0909. The van der Waals surface area contributed by atoms with Gasteiger partial charge in [-0.3, -0.25) is 9.69 Å². The second-order valence-electron chi connectivity index (χ2n) is 6.21. The summed E-state index contributed by atoms with van der Waals surface area (Å²) >= 11 is 10.2. The third-order valence-corrected chi connectivity index (χ3v) is 6.27. The molecule has 1 aliphatic rings. The van der Waals surface area contributed by atoms with Gasteiger partial charge >= 0.3 is 0 Å². The van der Waals surface area contributed by atoms with E-state index in [1.165, 1.54) is 11.8 Å². The molecule has 2 aromatic carbocycles. The number of halogens is 1. The number of anilines is 1. The lowest BCUT2D eigenvalue weighted by molar-refractivity contribution is -0.113. The van der Waals surface area contributed by atoms with Crippen molar-refractivity contribution in [1.82, 2.24) is 0 Å². The molecule has 0 bridgehead atoms. The summed E-state index contributed by atoms with van der Waals surface area (Å²) in [6.07, 6.45) is 2.59. The number of benzene rings is 2. The molecule has 1 saturated heterocycles. The number of furan rings is 1. The zero-order chi connectivity index (χ0) is 19.7. The summed E-state index contributed by atoms with van der Waals surface area (Å²) in [6, 6.07) is 19.5. The lowest BCUT2D eigenvalue weighted by atomic mass is 10.1. The molecule has 140 valence electrons.